The van der Waals surface area contributed by atoms with Gasteiger partial charge in [0.1, 0.15) is 6.04 Å². The first-order chi connectivity index (χ1) is 15.5. The molecular formula is C26H33ClN2O2S. The molecule has 1 aliphatic rings. The second kappa shape index (κ2) is 12.9. The van der Waals surface area contributed by atoms with Crippen LogP contribution in [-0.4, -0.2) is 34.6 Å². The van der Waals surface area contributed by atoms with E-state index in [1.54, 1.807) is 16.7 Å². The molecule has 172 valence electrons. The van der Waals surface area contributed by atoms with Crippen LogP contribution >= 0.6 is 23.4 Å². The zero-order chi connectivity index (χ0) is 22.8. The number of rotatable bonds is 10. The van der Waals surface area contributed by atoms with Gasteiger partial charge in [-0.15, -0.1) is 0 Å². The monoisotopic (exact) mass is 472 g/mol. The van der Waals surface area contributed by atoms with Crippen molar-refractivity contribution in [1.29, 1.82) is 0 Å². The van der Waals surface area contributed by atoms with Gasteiger partial charge in [-0.1, -0.05) is 73.3 Å². The van der Waals surface area contributed by atoms with E-state index in [9.17, 15) is 9.59 Å². The van der Waals surface area contributed by atoms with Gasteiger partial charge in [0.05, 0.1) is 0 Å². The predicted molar refractivity (Wildman–Crippen MR) is 134 cm³/mol. The fraction of sp³-hybridized carbons (Fsp3) is 0.462. The third kappa shape index (κ3) is 7.86. The summed E-state index contributed by atoms with van der Waals surface area (Å²) < 4.78 is 0. The van der Waals surface area contributed by atoms with Gasteiger partial charge in [-0.25, -0.2) is 0 Å². The molecular weight excluding hydrogens is 440 g/mol. The number of hydrogen-bond acceptors (Lipinski definition) is 3. The summed E-state index contributed by atoms with van der Waals surface area (Å²) in [7, 11) is 0. The Balaban J connectivity index is 1.60. The minimum Gasteiger partial charge on any atom is -0.352 e. The van der Waals surface area contributed by atoms with Gasteiger partial charge in [0, 0.05) is 35.5 Å². The predicted octanol–water partition coefficient (Wildman–Crippen LogP) is 5.83. The number of halogens is 1. The zero-order valence-electron chi connectivity index (χ0n) is 18.8. The van der Waals surface area contributed by atoms with Crippen LogP contribution in [0.3, 0.4) is 0 Å². The van der Waals surface area contributed by atoms with Gasteiger partial charge in [-0.05, 0) is 43.0 Å². The average Bonchev–Trinajstić information content (AvgIpc) is 2.81. The smallest absolute Gasteiger partial charge is 0.242 e. The Hall–Kier alpha value is -1.98. The summed E-state index contributed by atoms with van der Waals surface area (Å²) in [5.74, 6) is 1.53. The minimum atomic E-state index is -0.525. The zero-order valence-corrected chi connectivity index (χ0v) is 20.3. The summed E-state index contributed by atoms with van der Waals surface area (Å²) in [6.07, 6.45) is 6.00. The number of nitrogens with one attached hydrogen (secondary N) is 1. The molecule has 2 amide bonds. The summed E-state index contributed by atoms with van der Waals surface area (Å²) in [6.45, 7) is 2.21. The molecule has 1 fully saturated rings. The lowest BCUT2D eigenvalue weighted by molar-refractivity contribution is -0.140. The Morgan fingerprint density at radius 2 is 1.78 bits per heavy atom. The van der Waals surface area contributed by atoms with Gasteiger partial charge in [0.2, 0.25) is 11.8 Å². The van der Waals surface area contributed by atoms with Crippen molar-refractivity contribution in [2.24, 2.45) is 0 Å². The van der Waals surface area contributed by atoms with Gasteiger partial charge in [-0.2, -0.15) is 11.8 Å². The number of carbonyl (C=O) groups is 2. The average molecular weight is 473 g/mol. The van der Waals surface area contributed by atoms with Gasteiger partial charge in [-0.3, -0.25) is 9.59 Å². The quantitative estimate of drug-likeness (QED) is 0.442. The van der Waals surface area contributed by atoms with Crippen LogP contribution in [0.25, 0.3) is 0 Å². The second-order valence-electron chi connectivity index (χ2n) is 8.46. The molecule has 1 saturated carbocycles. The van der Waals surface area contributed by atoms with Crippen molar-refractivity contribution in [2.75, 3.05) is 5.75 Å². The molecule has 0 aromatic heterocycles. The highest BCUT2D eigenvalue weighted by Gasteiger charge is 2.27. The molecule has 3 rings (SSSR count). The number of amides is 2. The lowest BCUT2D eigenvalue weighted by Gasteiger charge is -2.31. The lowest BCUT2D eigenvalue weighted by atomic mass is 9.95. The minimum absolute atomic E-state index is 0.00293. The van der Waals surface area contributed by atoms with Gasteiger partial charge in [0.25, 0.3) is 0 Å². The fourth-order valence-corrected chi connectivity index (χ4v) is 5.16. The van der Waals surface area contributed by atoms with E-state index in [4.69, 9.17) is 11.6 Å². The van der Waals surface area contributed by atoms with Crippen LogP contribution in [0.1, 0.15) is 56.6 Å². The molecule has 0 spiro atoms. The first-order valence-corrected chi connectivity index (χ1v) is 13.0. The Bertz CT molecular complexity index is 871. The van der Waals surface area contributed by atoms with E-state index in [-0.39, 0.29) is 17.9 Å². The van der Waals surface area contributed by atoms with E-state index in [2.05, 4.69) is 17.4 Å². The Labute approximate surface area is 201 Å². The van der Waals surface area contributed by atoms with Crippen molar-refractivity contribution in [3.63, 3.8) is 0 Å². The summed E-state index contributed by atoms with van der Waals surface area (Å²) in [5.41, 5.74) is 2.18. The van der Waals surface area contributed by atoms with E-state index in [0.29, 0.717) is 18.0 Å². The van der Waals surface area contributed by atoms with Gasteiger partial charge in [0.15, 0.2) is 0 Å². The van der Waals surface area contributed by atoms with Crippen molar-refractivity contribution in [3.05, 3.63) is 70.7 Å². The van der Waals surface area contributed by atoms with Crippen molar-refractivity contribution >= 4 is 35.2 Å². The van der Waals surface area contributed by atoms with Crippen LogP contribution in [-0.2, 0) is 21.9 Å². The number of nitrogens with zero attached hydrogens (tertiary/aromatic N) is 1. The summed E-state index contributed by atoms with van der Waals surface area (Å²) in [6, 6.07) is 17.5. The largest absolute Gasteiger partial charge is 0.352 e. The standard InChI is InChI=1S/C26H33ClN2O2S/c1-20(26(31)28-24-13-6-3-7-14-24)29(18-22-11-8-12-23(27)17-22)25(30)15-16-32-19-21-9-4-2-5-10-21/h2,4-5,8-12,17,20,24H,3,6-7,13-16,18-19H2,1H3,(H,28,31)/t20-/m0/s1. The third-order valence-corrected chi connectivity index (χ3v) is 7.20. The van der Waals surface area contributed by atoms with Crippen molar-refractivity contribution in [1.82, 2.24) is 10.2 Å². The van der Waals surface area contributed by atoms with E-state index in [1.807, 2.05) is 49.4 Å². The van der Waals surface area contributed by atoms with Gasteiger partial charge >= 0.3 is 0 Å². The molecule has 0 saturated heterocycles. The van der Waals surface area contributed by atoms with Crippen LogP contribution in [0.5, 0.6) is 0 Å². The molecule has 4 nitrogen and oxygen atoms in total. The maximum Gasteiger partial charge on any atom is 0.242 e. The van der Waals surface area contributed by atoms with Crippen molar-refractivity contribution in [3.8, 4) is 0 Å². The molecule has 1 aliphatic carbocycles. The molecule has 1 N–H and O–H groups in total. The molecule has 1 atom stereocenters. The highest BCUT2D eigenvalue weighted by atomic mass is 35.5. The van der Waals surface area contributed by atoms with Crippen LogP contribution in [0.4, 0.5) is 0 Å². The Kier molecular flexibility index (Phi) is 9.94. The molecule has 0 unspecified atom stereocenters. The maximum absolute atomic E-state index is 13.2. The van der Waals surface area contributed by atoms with Gasteiger partial charge < -0.3 is 10.2 Å². The highest BCUT2D eigenvalue weighted by molar-refractivity contribution is 7.98. The first kappa shape index (κ1) is 24.7. The lowest BCUT2D eigenvalue weighted by Crippen LogP contribution is -2.50. The molecule has 0 aliphatic heterocycles. The second-order valence-corrected chi connectivity index (χ2v) is 10.0. The molecule has 32 heavy (non-hydrogen) atoms. The van der Waals surface area contributed by atoms with E-state index in [1.165, 1.54) is 12.0 Å². The SMILES string of the molecule is C[C@@H](C(=O)NC1CCCCC1)N(Cc1cccc(Cl)c1)C(=O)CCSCc1ccccc1. The topological polar surface area (TPSA) is 49.4 Å². The van der Waals surface area contributed by atoms with Crippen molar-refractivity contribution < 1.29 is 9.59 Å². The third-order valence-electron chi connectivity index (χ3n) is 5.93. The van der Waals surface area contributed by atoms with E-state index >= 15 is 0 Å². The molecule has 2 aromatic rings. The molecule has 0 heterocycles. The molecule has 2 aromatic carbocycles. The van der Waals surface area contributed by atoms with Crippen LogP contribution < -0.4 is 5.32 Å². The Morgan fingerprint density at radius 3 is 2.50 bits per heavy atom. The fourth-order valence-electron chi connectivity index (χ4n) is 4.05. The molecule has 0 radical (unpaired) electrons. The number of benzene rings is 2. The van der Waals surface area contributed by atoms with E-state index in [0.717, 1.165) is 42.8 Å². The summed E-state index contributed by atoms with van der Waals surface area (Å²) >= 11 is 7.89. The molecule has 6 heteroatoms. The normalized spacial score (nSPS) is 15.2. The van der Waals surface area contributed by atoms with Crippen molar-refractivity contribution in [2.45, 2.75) is 69.8 Å². The summed E-state index contributed by atoms with van der Waals surface area (Å²) in [5, 5.41) is 3.81. The highest BCUT2D eigenvalue weighted by Crippen LogP contribution is 2.20. The first-order valence-electron chi connectivity index (χ1n) is 11.5. The number of hydrogen-bond donors (Lipinski definition) is 1. The van der Waals surface area contributed by atoms with Crippen LogP contribution in [0, 0.1) is 0 Å². The van der Waals surface area contributed by atoms with Crippen LogP contribution in [0.15, 0.2) is 54.6 Å². The van der Waals surface area contributed by atoms with E-state index < -0.39 is 6.04 Å². The van der Waals surface area contributed by atoms with Crippen LogP contribution in [0.2, 0.25) is 5.02 Å². The number of thioether (sulfide) groups is 1. The summed E-state index contributed by atoms with van der Waals surface area (Å²) in [4.78, 5) is 27.9. The maximum atomic E-state index is 13.2. The molecule has 0 bridgehead atoms. The Morgan fingerprint density at radius 1 is 1.06 bits per heavy atom. The number of carbonyl (C=O) groups excluding carboxylic acids is 2.